The largest absolute Gasteiger partial charge is 0.0885 e. The molecule has 0 N–H and O–H groups in total. The topological polar surface area (TPSA) is 0 Å². The molecule has 94 valence electrons. The molecule has 0 saturated heterocycles. The summed E-state index contributed by atoms with van der Waals surface area (Å²) in [5, 5.41) is 0. The van der Waals surface area contributed by atoms with Gasteiger partial charge in [-0.25, -0.2) is 0 Å². The smallest absolute Gasteiger partial charge is 0.0351 e. The number of rotatable bonds is 12. The average Bonchev–Trinajstić information content (AvgIpc) is 2.31. The van der Waals surface area contributed by atoms with E-state index in [-0.39, 0.29) is 0 Å². The first-order valence-electron chi connectivity index (χ1n) is 7.15. The molecular formula is C16H30. The summed E-state index contributed by atoms with van der Waals surface area (Å²) in [6.45, 7) is 7.70. The van der Waals surface area contributed by atoms with Gasteiger partial charge in [0, 0.05) is 0 Å². The fourth-order valence-electron chi connectivity index (χ4n) is 1.82. The first-order chi connectivity index (χ1) is 7.91. The summed E-state index contributed by atoms with van der Waals surface area (Å²) in [5.74, 6) is 0. The van der Waals surface area contributed by atoms with Crippen LogP contribution in [-0.4, -0.2) is 0 Å². The Bertz CT molecular complexity index is 135. The second kappa shape index (κ2) is 14.7. The molecule has 0 fully saturated rings. The lowest BCUT2D eigenvalue weighted by atomic mass is 10.1. The first kappa shape index (κ1) is 15.7. The van der Waals surface area contributed by atoms with E-state index < -0.39 is 0 Å². The van der Waals surface area contributed by atoms with Gasteiger partial charge in [-0.1, -0.05) is 77.4 Å². The maximum atomic E-state index is 3.86. The Kier molecular flexibility index (Phi) is 14.5. The highest BCUT2D eigenvalue weighted by molar-refractivity contribution is 4.81. The zero-order chi connectivity index (χ0) is 11.9. The molecule has 0 rings (SSSR count). The van der Waals surface area contributed by atoms with Gasteiger partial charge in [0.2, 0.25) is 0 Å². The van der Waals surface area contributed by atoms with Gasteiger partial charge < -0.3 is 0 Å². The lowest BCUT2D eigenvalue weighted by Gasteiger charge is -1.99. The quantitative estimate of drug-likeness (QED) is 0.285. The fraction of sp³-hybridized carbons (Fsp3) is 0.750. The molecule has 0 atom stereocenters. The molecule has 0 aromatic carbocycles. The van der Waals surface area contributed by atoms with Gasteiger partial charge in [0.25, 0.3) is 0 Å². The van der Waals surface area contributed by atoms with Gasteiger partial charge in [0.15, 0.2) is 0 Å². The van der Waals surface area contributed by atoms with Crippen LogP contribution >= 0.6 is 0 Å². The number of allylic oxidation sites excluding steroid dienone is 2. The standard InChI is InChI=1S/C16H30/c1-3-5-7-9-11-13-15-16-14-12-10-8-6-4-2/h9,11H,1-8,10,12-16H2/b11-9+. The van der Waals surface area contributed by atoms with Crippen molar-refractivity contribution >= 4 is 0 Å². The van der Waals surface area contributed by atoms with E-state index in [9.17, 15) is 0 Å². The van der Waals surface area contributed by atoms with E-state index in [1.54, 1.807) is 0 Å². The van der Waals surface area contributed by atoms with E-state index in [1.807, 2.05) is 0 Å². The number of hydrogen-bond acceptors (Lipinski definition) is 0. The lowest BCUT2D eigenvalue weighted by molar-refractivity contribution is 0.583. The summed E-state index contributed by atoms with van der Waals surface area (Å²) >= 11 is 0. The van der Waals surface area contributed by atoms with Crippen molar-refractivity contribution < 1.29 is 0 Å². The van der Waals surface area contributed by atoms with E-state index >= 15 is 0 Å². The Balaban J connectivity index is 2.95. The molecule has 0 amide bonds. The van der Waals surface area contributed by atoms with Crippen LogP contribution in [0.15, 0.2) is 12.2 Å². The third-order valence-electron chi connectivity index (χ3n) is 2.91. The third kappa shape index (κ3) is 13.7. The van der Waals surface area contributed by atoms with Crippen molar-refractivity contribution in [2.75, 3.05) is 0 Å². The average molecular weight is 222 g/mol. The Hall–Kier alpha value is -0.260. The molecule has 2 radical (unpaired) electrons. The van der Waals surface area contributed by atoms with E-state index in [4.69, 9.17) is 0 Å². The van der Waals surface area contributed by atoms with E-state index in [0.717, 1.165) is 12.8 Å². The molecule has 16 heavy (non-hydrogen) atoms. The first-order valence-corrected chi connectivity index (χ1v) is 7.15. The van der Waals surface area contributed by atoms with Gasteiger partial charge in [0.05, 0.1) is 0 Å². The maximum Gasteiger partial charge on any atom is -0.0351 e. The molecule has 0 spiro atoms. The molecule has 0 heteroatoms. The van der Waals surface area contributed by atoms with Crippen molar-refractivity contribution in [2.45, 2.75) is 77.0 Å². The second-order valence-electron chi connectivity index (χ2n) is 4.58. The van der Waals surface area contributed by atoms with Crippen LogP contribution in [0.3, 0.4) is 0 Å². The van der Waals surface area contributed by atoms with Crippen molar-refractivity contribution in [3.63, 3.8) is 0 Å². The highest BCUT2D eigenvalue weighted by Gasteiger charge is 1.90. The fourth-order valence-corrected chi connectivity index (χ4v) is 1.82. The van der Waals surface area contributed by atoms with Crippen molar-refractivity contribution in [1.29, 1.82) is 0 Å². The van der Waals surface area contributed by atoms with Crippen molar-refractivity contribution in [2.24, 2.45) is 0 Å². The predicted molar refractivity (Wildman–Crippen MR) is 75.3 cm³/mol. The molecule has 0 aromatic rings. The zero-order valence-corrected chi connectivity index (χ0v) is 11.1. The van der Waals surface area contributed by atoms with E-state index in [0.29, 0.717) is 0 Å². The van der Waals surface area contributed by atoms with Crippen LogP contribution in [0.2, 0.25) is 0 Å². The Labute approximate surface area is 104 Å². The van der Waals surface area contributed by atoms with Crippen LogP contribution in [0.1, 0.15) is 77.0 Å². The van der Waals surface area contributed by atoms with Gasteiger partial charge in [0.1, 0.15) is 0 Å². The van der Waals surface area contributed by atoms with Crippen molar-refractivity contribution in [1.82, 2.24) is 0 Å². The van der Waals surface area contributed by atoms with Crippen molar-refractivity contribution in [3.8, 4) is 0 Å². The molecule has 0 aliphatic rings. The third-order valence-corrected chi connectivity index (χ3v) is 2.91. The molecule has 0 unspecified atom stereocenters. The normalized spacial score (nSPS) is 11.4. The van der Waals surface area contributed by atoms with Crippen LogP contribution < -0.4 is 0 Å². The molecule has 0 aliphatic carbocycles. The Morgan fingerprint density at radius 1 is 0.500 bits per heavy atom. The Morgan fingerprint density at radius 2 is 0.938 bits per heavy atom. The summed E-state index contributed by atoms with van der Waals surface area (Å²) in [6.07, 6.45) is 20.3. The van der Waals surface area contributed by atoms with Gasteiger partial charge in [-0.3, -0.25) is 0 Å². The highest BCUT2D eigenvalue weighted by atomic mass is 14.0. The van der Waals surface area contributed by atoms with Gasteiger partial charge in [-0.15, -0.1) is 0 Å². The van der Waals surface area contributed by atoms with Gasteiger partial charge in [-0.2, -0.15) is 0 Å². The highest BCUT2D eigenvalue weighted by Crippen LogP contribution is 2.09. The predicted octanol–water partition coefficient (Wildman–Crippen LogP) is 5.89. The minimum atomic E-state index is 1.07. The van der Waals surface area contributed by atoms with Gasteiger partial charge in [-0.05, 0) is 25.7 Å². The minimum absolute atomic E-state index is 1.07. The molecule has 0 aliphatic heterocycles. The van der Waals surface area contributed by atoms with E-state index in [1.165, 1.54) is 64.2 Å². The lowest BCUT2D eigenvalue weighted by Crippen LogP contribution is -1.80. The van der Waals surface area contributed by atoms with Crippen molar-refractivity contribution in [3.05, 3.63) is 26.0 Å². The monoisotopic (exact) mass is 222 g/mol. The maximum absolute atomic E-state index is 3.86. The van der Waals surface area contributed by atoms with Crippen LogP contribution in [0, 0.1) is 13.8 Å². The summed E-state index contributed by atoms with van der Waals surface area (Å²) in [4.78, 5) is 0. The molecule has 0 bridgehead atoms. The zero-order valence-electron chi connectivity index (χ0n) is 11.1. The molecule has 0 saturated carbocycles. The Morgan fingerprint density at radius 3 is 1.50 bits per heavy atom. The van der Waals surface area contributed by atoms with Crippen LogP contribution in [0.4, 0.5) is 0 Å². The summed E-state index contributed by atoms with van der Waals surface area (Å²) in [5.41, 5.74) is 0. The molecule has 0 aromatic heterocycles. The number of unbranched alkanes of at least 4 members (excludes halogenated alkanes) is 10. The van der Waals surface area contributed by atoms with Crippen LogP contribution in [-0.2, 0) is 0 Å². The summed E-state index contributed by atoms with van der Waals surface area (Å²) in [6, 6.07) is 0. The molecule has 0 heterocycles. The van der Waals surface area contributed by atoms with E-state index in [2.05, 4.69) is 26.0 Å². The summed E-state index contributed by atoms with van der Waals surface area (Å²) in [7, 11) is 0. The SMILES string of the molecule is [CH2]CCC/C=C/CCCCCCCCC[CH2]. The molecular weight excluding hydrogens is 192 g/mol. The number of hydrogen-bond donors (Lipinski definition) is 0. The van der Waals surface area contributed by atoms with Gasteiger partial charge >= 0.3 is 0 Å². The summed E-state index contributed by atoms with van der Waals surface area (Å²) < 4.78 is 0. The minimum Gasteiger partial charge on any atom is -0.0885 e. The molecule has 0 nitrogen and oxygen atoms in total. The van der Waals surface area contributed by atoms with Crippen LogP contribution in [0.5, 0.6) is 0 Å². The van der Waals surface area contributed by atoms with Crippen LogP contribution in [0.25, 0.3) is 0 Å². The second-order valence-corrected chi connectivity index (χ2v) is 4.58.